The Morgan fingerprint density at radius 1 is 1.05 bits per heavy atom. The van der Waals surface area contributed by atoms with E-state index in [0.717, 1.165) is 5.56 Å². The highest BCUT2D eigenvalue weighted by Gasteiger charge is 2.26. The molecule has 0 saturated heterocycles. The van der Waals surface area contributed by atoms with Gasteiger partial charge in [-0.3, -0.25) is 14.6 Å². The first-order chi connectivity index (χ1) is 21.1. The monoisotopic (exact) mass is 618 g/mol. The Kier molecular flexibility index (Phi) is 9.74. The second-order valence-corrected chi connectivity index (χ2v) is 12.9. The number of nitrogens with two attached hydrogens (primary N) is 2. The summed E-state index contributed by atoms with van der Waals surface area (Å²) in [6.07, 6.45) is 7.46. The van der Waals surface area contributed by atoms with Crippen molar-refractivity contribution in [1.82, 2.24) is 14.8 Å². The van der Waals surface area contributed by atoms with Gasteiger partial charge in [0.15, 0.2) is 0 Å². The molecule has 0 unspecified atom stereocenters. The molecule has 3 aromatic rings. The van der Waals surface area contributed by atoms with E-state index in [1.165, 1.54) is 11.3 Å². The average molecular weight is 619 g/mol. The number of aliphatic hydroxyl groups excluding tert-OH is 1. The molecule has 1 amide bonds. The molecule has 1 aromatic heterocycles. The first-order valence-electron chi connectivity index (χ1n) is 14.7. The first kappa shape index (κ1) is 31.3. The third kappa shape index (κ3) is 7.69. The summed E-state index contributed by atoms with van der Waals surface area (Å²) in [7, 11) is -3.80. The maximum Gasteiger partial charge on any atom is 0.273 e. The molecule has 1 aliphatic heterocycles. The van der Waals surface area contributed by atoms with Gasteiger partial charge in [-0.2, -0.15) is 0 Å². The lowest BCUT2D eigenvalue weighted by Gasteiger charge is -2.25. The molecule has 2 aromatic carbocycles. The Bertz CT molecular complexity index is 1660. The summed E-state index contributed by atoms with van der Waals surface area (Å²) in [5.74, 6) is -0.0220. The molecule has 12 heteroatoms. The van der Waals surface area contributed by atoms with Gasteiger partial charge in [0.1, 0.15) is 17.3 Å². The molecule has 2 heterocycles. The van der Waals surface area contributed by atoms with Crippen molar-refractivity contribution in [1.29, 1.82) is 0 Å². The Morgan fingerprint density at radius 3 is 2.52 bits per heavy atom. The summed E-state index contributed by atoms with van der Waals surface area (Å²) in [4.78, 5) is 28.3. The minimum atomic E-state index is -3.80. The van der Waals surface area contributed by atoms with Crippen molar-refractivity contribution < 1.29 is 23.2 Å². The van der Waals surface area contributed by atoms with Gasteiger partial charge in [-0.1, -0.05) is 31.2 Å². The Balaban J connectivity index is 1.35. The minimum Gasteiger partial charge on any atom is -0.399 e. The molecule has 11 nitrogen and oxygen atoms in total. The number of nitrogens with one attached hydrogen (secondary N) is 1. The number of carbonyl (C=O) groups excluding carboxylic acids is 1. The topological polar surface area (TPSA) is 173 Å². The van der Waals surface area contributed by atoms with Crippen LogP contribution in [0.4, 0.5) is 11.4 Å². The smallest absolute Gasteiger partial charge is 0.273 e. The molecular formula is C32H38N6O5S. The molecule has 2 aliphatic rings. The van der Waals surface area contributed by atoms with Crippen LogP contribution >= 0.6 is 0 Å². The predicted octanol–water partition coefficient (Wildman–Crippen LogP) is 4.06. The maximum atomic E-state index is 13.6. The molecule has 0 bridgehead atoms. The zero-order valence-electron chi connectivity index (χ0n) is 24.6. The highest BCUT2D eigenvalue weighted by Crippen LogP contribution is 2.33. The predicted molar refractivity (Wildman–Crippen MR) is 170 cm³/mol. The quantitative estimate of drug-likeness (QED) is 0.194. The van der Waals surface area contributed by atoms with E-state index in [9.17, 15) is 18.3 Å². The zero-order valence-corrected chi connectivity index (χ0v) is 25.5. The number of amidine groups is 1. The summed E-state index contributed by atoms with van der Waals surface area (Å²) >= 11 is 0. The number of benzene rings is 2. The molecule has 6 N–H and O–H groups in total. The third-order valence-corrected chi connectivity index (χ3v) is 9.15. The highest BCUT2D eigenvalue weighted by atomic mass is 32.2. The van der Waals surface area contributed by atoms with E-state index < -0.39 is 10.0 Å². The van der Waals surface area contributed by atoms with Crippen molar-refractivity contribution >= 4 is 39.2 Å². The van der Waals surface area contributed by atoms with Gasteiger partial charge in [0, 0.05) is 53.8 Å². The minimum absolute atomic E-state index is 0.0573. The number of aliphatic imine (C=N–C) groups is 1. The van der Waals surface area contributed by atoms with E-state index in [1.54, 1.807) is 36.5 Å². The summed E-state index contributed by atoms with van der Waals surface area (Å²) < 4.78 is 29.0. The number of nitrogen functional groups attached to an aromatic ring is 1. The lowest BCUT2D eigenvalue weighted by Crippen LogP contribution is -2.38. The van der Waals surface area contributed by atoms with Gasteiger partial charge in [-0.25, -0.2) is 23.2 Å². The number of aliphatic hydroxyl groups is 1. The first-order valence-corrected chi connectivity index (χ1v) is 16.2. The number of hydrogen-bond acceptors (Lipinski definition) is 9. The summed E-state index contributed by atoms with van der Waals surface area (Å²) in [6.45, 7) is 2.58. The number of fused-ring (bicyclic) bond motifs is 1. The van der Waals surface area contributed by atoms with Gasteiger partial charge in [0.25, 0.3) is 5.91 Å². The van der Waals surface area contributed by atoms with Crippen molar-refractivity contribution in [2.24, 2.45) is 10.7 Å². The number of pyridine rings is 1. The fourth-order valence-corrected chi connectivity index (χ4v) is 6.56. The number of carbonyl (C=O) groups is 1. The van der Waals surface area contributed by atoms with Gasteiger partial charge in [-0.05, 0) is 73.6 Å². The van der Waals surface area contributed by atoms with Crippen LogP contribution in [0.25, 0.3) is 17.2 Å². The number of sulfonamides is 1. The van der Waals surface area contributed by atoms with Crippen molar-refractivity contribution in [2.45, 2.75) is 69.1 Å². The molecule has 0 radical (unpaired) electrons. The van der Waals surface area contributed by atoms with E-state index in [2.05, 4.69) is 14.7 Å². The molecule has 44 heavy (non-hydrogen) atoms. The van der Waals surface area contributed by atoms with E-state index >= 15 is 0 Å². The molecule has 232 valence electrons. The summed E-state index contributed by atoms with van der Waals surface area (Å²) in [6, 6.07) is 14.1. The number of rotatable bonds is 10. The molecule has 0 atom stereocenters. The van der Waals surface area contributed by atoms with Crippen LogP contribution in [0, 0.1) is 0 Å². The number of nitrogens with zero attached hydrogens (tertiary/aromatic N) is 3. The van der Waals surface area contributed by atoms with Gasteiger partial charge < -0.3 is 16.6 Å². The van der Waals surface area contributed by atoms with E-state index in [1.807, 2.05) is 31.2 Å². The van der Waals surface area contributed by atoms with Crippen molar-refractivity contribution in [3.63, 3.8) is 0 Å². The van der Waals surface area contributed by atoms with Crippen LogP contribution in [-0.2, 0) is 26.3 Å². The van der Waals surface area contributed by atoms with Crippen LogP contribution in [0.5, 0.6) is 0 Å². The van der Waals surface area contributed by atoms with Crippen LogP contribution in [0.15, 0.2) is 76.4 Å². The second kappa shape index (κ2) is 13.7. The Morgan fingerprint density at radius 2 is 1.80 bits per heavy atom. The van der Waals surface area contributed by atoms with Crippen molar-refractivity contribution in [3.05, 3.63) is 77.6 Å². The Hall–Kier alpha value is -4.10. The number of hydroxylamine groups is 2. The van der Waals surface area contributed by atoms with Gasteiger partial charge in [0.05, 0.1) is 11.8 Å². The van der Waals surface area contributed by atoms with Crippen molar-refractivity contribution in [2.75, 3.05) is 12.3 Å². The highest BCUT2D eigenvalue weighted by molar-refractivity contribution is 7.89. The van der Waals surface area contributed by atoms with Crippen LogP contribution in [0.2, 0.25) is 0 Å². The largest absolute Gasteiger partial charge is 0.399 e. The van der Waals surface area contributed by atoms with E-state index in [0.29, 0.717) is 72.3 Å². The fourth-order valence-electron chi connectivity index (χ4n) is 5.27. The number of aromatic nitrogens is 1. The summed E-state index contributed by atoms with van der Waals surface area (Å²) in [5.41, 5.74) is 16.6. The standard InChI is InChI=1S/C32H38N6O5S/c1-2-13-38(43-20-21-3-7-26(33)8-4-21)32(40)24-14-23-6-5-22(16-30(23)36-31(34)17-24)25-15-29(19-35-18-25)44(41,42)37-27-9-11-28(39)12-10-27/h3-8,14-16,18-19,27-28,37,39H,2,9-13,17,20,33H2,1H3,(H2,34,36). The van der Waals surface area contributed by atoms with E-state index in [4.69, 9.17) is 16.3 Å². The molecule has 1 aliphatic carbocycles. The molecule has 1 fully saturated rings. The third-order valence-electron chi connectivity index (χ3n) is 7.67. The molecule has 0 spiro atoms. The summed E-state index contributed by atoms with van der Waals surface area (Å²) in [5, 5.41) is 11.1. The average Bonchev–Trinajstić information content (AvgIpc) is 3.18. The molecule has 1 saturated carbocycles. The lowest BCUT2D eigenvalue weighted by atomic mass is 9.94. The Labute approximate surface area is 257 Å². The number of amides is 1. The van der Waals surface area contributed by atoms with Gasteiger partial charge >= 0.3 is 0 Å². The lowest BCUT2D eigenvalue weighted by molar-refractivity contribution is -0.187. The number of anilines is 1. The van der Waals surface area contributed by atoms with Gasteiger partial charge in [-0.15, -0.1) is 0 Å². The van der Waals surface area contributed by atoms with Gasteiger partial charge in [0.2, 0.25) is 10.0 Å². The van der Waals surface area contributed by atoms with Crippen LogP contribution < -0.4 is 16.2 Å². The molecule has 5 rings (SSSR count). The maximum absolute atomic E-state index is 13.6. The van der Waals surface area contributed by atoms with Crippen LogP contribution in [0.1, 0.15) is 56.6 Å². The number of hydrogen-bond donors (Lipinski definition) is 4. The van der Waals surface area contributed by atoms with Crippen LogP contribution in [0.3, 0.4) is 0 Å². The van der Waals surface area contributed by atoms with E-state index in [-0.39, 0.29) is 41.8 Å². The fraction of sp³-hybridized carbons (Fsp3) is 0.344. The van der Waals surface area contributed by atoms with Crippen molar-refractivity contribution in [3.8, 4) is 11.1 Å². The SMILES string of the molecule is CCCN(OCc1ccc(N)cc1)C(=O)C1=Cc2ccc(-c3cncc(S(=O)(=O)NC4CCC(O)CC4)c3)cc2N=C(N)C1. The normalized spacial score (nSPS) is 18.5. The zero-order chi connectivity index (χ0) is 31.3. The van der Waals surface area contributed by atoms with Crippen LogP contribution in [-0.4, -0.2) is 54.0 Å². The molecular weight excluding hydrogens is 580 g/mol. The second-order valence-electron chi connectivity index (χ2n) is 11.2.